The zero-order valence-corrected chi connectivity index (χ0v) is 22.6. The van der Waals surface area contributed by atoms with Gasteiger partial charge >= 0.3 is 5.97 Å². The number of cyclic esters (lactones) is 1. The first-order valence-corrected chi connectivity index (χ1v) is 14.6. The molecule has 0 bridgehead atoms. The first-order chi connectivity index (χ1) is 15.5. The van der Waals surface area contributed by atoms with Crippen molar-refractivity contribution in [1.29, 1.82) is 0 Å². The SMILES string of the molecule is C=CC[C@H]1C[C@@H](O)[C@@H](C)C/C=C/Cc2cccc(O[Si](C(C)C)(C(C)C)C(C)C)c2C(=O)O1. The molecule has 0 unspecified atom stereocenters. The van der Waals surface area contributed by atoms with Gasteiger partial charge in [-0.15, -0.1) is 6.58 Å². The van der Waals surface area contributed by atoms with E-state index in [0.29, 0.717) is 47.2 Å². The molecule has 0 saturated heterocycles. The zero-order valence-electron chi connectivity index (χ0n) is 21.6. The average molecular weight is 473 g/mol. The number of aliphatic hydroxyl groups is 1. The normalized spacial score (nSPS) is 23.5. The van der Waals surface area contributed by atoms with Crippen LogP contribution >= 0.6 is 0 Å². The summed E-state index contributed by atoms with van der Waals surface area (Å²) in [7, 11) is -2.26. The van der Waals surface area contributed by atoms with Crippen molar-refractivity contribution in [2.45, 2.75) is 103 Å². The van der Waals surface area contributed by atoms with Gasteiger partial charge in [-0.3, -0.25) is 0 Å². The Labute approximate surface area is 202 Å². The molecule has 4 nitrogen and oxygen atoms in total. The molecule has 33 heavy (non-hydrogen) atoms. The summed E-state index contributed by atoms with van der Waals surface area (Å²) < 4.78 is 12.9. The lowest BCUT2D eigenvalue weighted by molar-refractivity contribution is 0.00690. The molecular weight excluding hydrogens is 428 g/mol. The molecule has 0 radical (unpaired) electrons. The highest BCUT2D eigenvalue weighted by Crippen LogP contribution is 2.44. The van der Waals surface area contributed by atoms with E-state index in [9.17, 15) is 9.90 Å². The van der Waals surface area contributed by atoms with Crippen LogP contribution in [-0.2, 0) is 11.2 Å². The summed E-state index contributed by atoms with van der Waals surface area (Å²) in [4.78, 5) is 13.6. The van der Waals surface area contributed by atoms with E-state index in [1.165, 1.54) is 0 Å². The topological polar surface area (TPSA) is 55.8 Å². The van der Waals surface area contributed by atoms with E-state index in [4.69, 9.17) is 9.16 Å². The van der Waals surface area contributed by atoms with Crippen molar-refractivity contribution in [3.8, 4) is 5.75 Å². The number of ether oxygens (including phenoxy) is 1. The van der Waals surface area contributed by atoms with Gasteiger partial charge in [0, 0.05) is 12.8 Å². The lowest BCUT2D eigenvalue weighted by atomic mass is 9.94. The number of rotatable bonds is 7. The second kappa shape index (κ2) is 12.0. The standard InChI is InChI=1S/C28H44O4Si/c1-9-13-24-18-25(29)22(8)14-10-11-15-23-16-12-17-26(27(23)28(30)31-24)32-33(19(2)3,20(4)5)21(6)7/h9-12,16-17,19-22,24-25,29H,1,13-15,18H2,2-8H3/b11-10+/t22-,24-,25+/m0/s1. The van der Waals surface area contributed by atoms with Crippen molar-refractivity contribution < 1.29 is 19.1 Å². The van der Waals surface area contributed by atoms with Crippen LogP contribution in [0.25, 0.3) is 0 Å². The van der Waals surface area contributed by atoms with Gasteiger partial charge in [0.05, 0.1) is 6.10 Å². The molecule has 0 spiro atoms. The Balaban J connectivity index is 2.59. The molecule has 0 amide bonds. The summed E-state index contributed by atoms with van der Waals surface area (Å²) in [6.07, 6.45) is 7.29. The Bertz CT molecular complexity index is 805. The molecule has 1 N–H and O–H groups in total. The molecule has 2 rings (SSSR count). The number of aliphatic hydroxyl groups excluding tert-OH is 1. The third kappa shape index (κ3) is 6.39. The van der Waals surface area contributed by atoms with Gasteiger partial charge in [0.25, 0.3) is 8.32 Å². The van der Waals surface area contributed by atoms with Gasteiger partial charge in [-0.1, -0.05) is 78.8 Å². The number of hydrogen-bond acceptors (Lipinski definition) is 4. The van der Waals surface area contributed by atoms with Crippen molar-refractivity contribution in [2.75, 3.05) is 0 Å². The molecule has 1 aromatic carbocycles. The summed E-state index contributed by atoms with van der Waals surface area (Å²) in [5.74, 6) is 0.355. The molecule has 184 valence electrons. The summed E-state index contributed by atoms with van der Waals surface area (Å²) >= 11 is 0. The van der Waals surface area contributed by atoms with Gasteiger partial charge in [0.2, 0.25) is 0 Å². The smallest absolute Gasteiger partial charge is 0.342 e. The highest BCUT2D eigenvalue weighted by Gasteiger charge is 2.47. The third-order valence-electron chi connectivity index (χ3n) is 7.19. The number of esters is 1. The van der Waals surface area contributed by atoms with E-state index in [0.717, 1.165) is 12.0 Å². The minimum Gasteiger partial charge on any atom is -0.542 e. The van der Waals surface area contributed by atoms with Gasteiger partial charge in [-0.25, -0.2) is 4.79 Å². The Morgan fingerprint density at radius 1 is 1.15 bits per heavy atom. The average Bonchev–Trinajstić information content (AvgIpc) is 2.73. The Hall–Kier alpha value is -1.85. The summed E-state index contributed by atoms with van der Waals surface area (Å²) in [5, 5.41) is 10.7. The molecule has 0 aromatic heterocycles. The largest absolute Gasteiger partial charge is 0.542 e. The predicted molar refractivity (Wildman–Crippen MR) is 139 cm³/mol. The number of carbonyl (C=O) groups is 1. The quantitative estimate of drug-likeness (QED) is 0.258. The number of hydrogen-bond donors (Lipinski definition) is 1. The maximum absolute atomic E-state index is 13.6. The van der Waals surface area contributed by atoms with E-state index < -0.39 is 20.5 Å². The molecular formula is C28H44O4Si. The molecule has 3 atom stereocenters. The van der Waals surface area contributed by atoms with Gasteiger partial charge in [0.1, 0.15) is 17.4 Å². The van der Waals surface area contributed by atoms with Crippen LogP contribution in [0.1, 0.15) is 83.7 Å². The van der Waals surface area contributed by atoms with Crippen molar-refractivity contribution in [3.05, 3.63) is 54.1 Å². The van der Waals surface area contributed by atoms with Crippen LogP contribution < -0.4 is 4.43 Å². The maximum Gasteiger partial charge on any atom is 0.342 e. The zero-order chi connectivity index (χ0) is 24.8. The lowest BCUT2D eigenvalue weighted by Crippen LogP contribution is -2.51. The molecule has 0 fully saturated rings. The Kier molecular flexibility index (Phi) is 9.98. The van der Waals surface area contributed by atoms with Crippen LogP contribution in [0, 0.1) is 5.92 Å². The molecule has 5 heteroatoms. The van der Waals surface area contributed by atoms with Crippen molar-refractivity contribution in [2.24, 2.45) is 5.92 Å². The lowest BCUT2D eigenvalue weighted by Gasteiger charge is -2.42. The molecule has 1 aliphatic rings. The number of allylic oxidation sites excluding steroid dienone is 2. The van der Waals surface area contributed by atoms with E-state index in [-0.39, 0.29) is 11.9 Å². The fourth-order valence-corrected chi connectivity index (χ4v) is 10.6. The number of benzene rings is 1. The highest BCUT2D eigenvalue weighted by atomic mass is 28.4. The van der Waals surface area contributed by atoms with Crippen molar-refractivity contribution >= 4 is 14.3 Å². The number of carbonyl (C=O) groups excluding carboxylic acids is 1. The minimum atomic E-state index is -2.26. The first-order valence-electron chi connectivity index (χ1n) is 12.5. The van der Waals surface area contributed by atoms with Crippen LogP contribution in [0.4, 0.5) is 0 Å². The highest BCUT2D eigenvalue weighted by molar-refractivity contribution is 6.78. The van der Waals surface area contributed by atoms with Gasteiger partial charge in [-0.05, 0) is 47.0 Å². The molecule has 1 aliphatic heterocycles. The first kappa shape index (κ1) is 27.4. The van der Waals surface area contributed by atoms with E-state index in [2.05, 4.69) is 60.3 Å². The minimum absolute atomic E-state index is 0.0931. The van der Waals surface area contributed by atoms with Gasteiger partial charge in [-0.2, -0.15) is 0 Å². The van der Waals surface area contributed by atoms with E-state index in [1.54, 1.807) is 6.08 Å². The van der Waals surface area contributed by atoms with Crippen LogP contribution in [0.15, 0.2) is 43.0 Å². The van der Waals surface area contributed by atoms with Crippen LogP contribution in [0.2, 0.25) is 16.6 Å². The maximum atomic E-state index is 13.6. The van der Waals surface area contributed by atoms with Crippen molar-refractivity contribution in [3.63, 3.8) is 0 Å². The van der Waals surface area contributed by atoms with E-state index >= 15 is 0 Å². The second-order valence-corrected chi connectivity index (χ2v) is 15.8. The van der Waals surface area contributed by atoms with Gasteiger partial charge < -0.3 is 14.3 Å². The summed E-state index contributed by atoms with van der Waals surface area (Å²) in [6.45, 7) is 19.3. The number of fused-ring (bicyclic) bond motifs is 1. The summed E-state index contributed by atoms with van der Waals surface area (Å²) in [5.41, 5.74) is 2.61. The van der Waals surface area contributed by atoms with Crippen LogP contribution in [0.5, 0.6) is 5.75 Å². The third-order valence-corrected chi connectivity index (χ3v) is 13.2. The molecule has 1 heterocycles. The van der Waals surface area contributed by atoms with E-state index in [1.807, 2.05) is 25.1 Å². The molecule has 0 saturated carbocycles. The molecule has 1 aromatic rings. The van der Waals surface area contributed by atoms with Gasteiger partial charge in [0.15, 0.2) is 0 Å². The fourth-order valence-electron chi connectivity index (χ4n) is 5.38. The predicted octanol–water partition coefficient (Wildman–Crippen LogP) is 7.23. The monoisotopic (exact) mass is 472 g/mol. The van der Waals surface area contributed by atoms with Crippen LogP contribution in [-0.4, -0.2) is 31.6 Å². The Morgan fingerprint density at radius 3 is 2.36 bits per heavy atom. The Morgan fingerprint density at radius 2 is 1.79 bits per heavy atom. The molecule has 0 aliphatic carbocycles. The fraction of sp³-hybridized carbons (Fsp3) is 0.607. The van der Waals surface area contributed by atoms with Crippen molar-refractivity contribution in [1.82, 2.24) is 0 Å². The van der Waals surface area contributed by atoms with Crippen LogP contribution in [0.3, 0.4) is 0 Å². The summed E-state index contributed by atoms with van der Waals surface area (Å²) in [6, 6.07) is 5.89. The second-order valence-electron chi connectivity index (χ2n) is 10.5.